The molecule has 6 heteroatoms. The first kappa shape index (κ1) is 30.3. The third-order valence-electron chi connectivity index (χ3n) is 6.50. The first-order chi connectivity index (χ1) is 20.2. The van der Waals surface area contributed by atoms with E-state index in [-0.39, 0.29) is 12.7 Å². The highest BCUT2D eigenvalue weighted by Crippen LogP contribution is 2.20. The molecule has 4 aromatic carbocycles. The summed E-state index contributed by atoms with van der Waals surface area (Å²) in [5.74, 6) is 0. The van der Waals surface area contributed by atoms with Crippen LogP contribution in [-0.2, 0) is 34.0 Å². The summed E-state index contributed by atoms with van der Waals surface area (Å²) in [5.41, 5.74) is 4.04. The second-order valence-electron chi connectivity index (χ2n) is 9.58. The van der Waals surface area contributed by atoms with Crippen molar-refractivity contribution >= 4 is 28.1 Å². The van der Waals surface area contributed by atoms with Gasteiger partial charge in [-0.2, -0.15) is 0 Å². The number of carbonyl (C=O) groups is 1. The van der Waals surface area contributed by atoms with Crippen LogP contribution >= 0.6 is 15.9 Å². The molecule has 0 fully saturated rings. The lowest BCUT2D eigenvalue weighted by atomic mass is 10.0. The van der Waals surface area contributed by atoms with Gasteiger partial charge >= 0.3 is 6.09 Å². The van der Waals surface area contributed by atoms with Crippen LogP contribution in [0.3, 0.4) is 0 Å². The molecule has 0 spiro atoms. The number of nitrogens with one attached hydrogen (secondary N) is 1. The summed E-state index contributed by atoms with van der Waals surface area (Å²) >= 11 is 3.60. The highest BCUT2D eigenvalue weighted by molar-refractivity contribution is 9.09. The van der Waals surface area contributed by atoms with Gasteiger partial charge in [-0.25, -0.2) is 4.79 Å². The molecule has 0 aromatic heterocycles. The van der Waals surface area contributed by atoms with Crippen molar-refractivity contribution in [1.82, 2.24) is 5.32 Å². The number of carbonyl (C=O) groups excluding carboxylic acids is 1. The van der Waals surface area contributed by atoms with Crippen LogP contribution in [0.2, 0.25) is 0 Å². The largest absolute Gasteiger partial charge is 0.445 e. The van der Waals surface area contributed by atoms with Gasteiger partial charge in [-0.1, -0.05) is 149 Å². The fraction of sp³-hybridized carbons (Fsp3) is 0.229. The van der Waals surface area contributed by atoms with E-state index in [0.29, 0.717) is 25.0 Å². The smallest absolute Gasteiger partial charge is 0.408 e. The molecule has 0 aliphatic rings. The van der Waals surface area contributed by atoms with Gasteiger partial charge in [0.2, 0.25) is 0 Å². The number of rotatable bonds is 15. The van der Waals surface area contributed by atoms with Crippen LogP contribution < -0.4 is 5.32 Å². The molecule has 3 atom stereocenters. The second-order valence-corrected chi connectivity index (χ2v) is 10.4. The van der Waals surface area contributed by atoms with Gasteiger partial charge < -0.3 is 19.5 Å². The molecule has 4 aromatic rings. The van der Waals surface area contributed by atoms with E-state index in [1.807, 2.05) is 133 Å². The topological polar surface area (TPSA) is 56.8 Å². The Hall–Kier alpha value is -3.71. The SMILES string of the molecule is O=C(N[C@H](/C=C/c1ccccc1)[C@@H](OCc1ccccc1)[C@@H](CCBr)OCc1ccccc1)OCc1ccccc1. The van der Waals surface area contributed by atoms with Gasteiger partial charge in [-0.05, 0) is 28.7 Å². The number of alkyl halides is 1. The van der Waals surface area contributed by atoms with Crippen LogP contribution in [0.15, 0.2) is 127 Å². The number of ether oxygens (including phenoxy) is 3. The Labute approximate surface area is 251 Å². The lowest BCUT2D eigenvalue weighted by molar-refractivity contribution is -0.0938. The molecular formula is C35H36BrNO4. The van der Waals surface area contributed by atoms with Gasteiger partial charge in [-0.3, -0.25) is 0 Å². The molecule has 4 rings (SSSR count). The van der Waals surface area contributed by atoms with E-state index >= 15 is 0 Å². The third kappa shape index (κ3) is 10.7. The van der Waals surface area contributed by atoms with E-state index in [1.54, 1.807) is 0 Å². The number of hydrogen-bond donors (Lipinski definition) is 1. The van der Waals surface area contributed by atoms with Crippen molar-refractivity contribution in [1.29, 1.82) is 0 Å². The summed E-state index contributed by atoms with van der Waals surface area (Å²) in [4.78, 5) is 13.1. The standard InChI is InChI=1S/C35H36BrNO4/c36-24-23-33(39-25-29-15-7-2-8-16-29)34(40-26-30-17-9-3-10-18-30)32(22-21-28-13-5-1-6-14-28)37-35(38)41-27-31-19-11-4-12-20-31/h1-22,32-34H,23-27H2,(H,37,38)/b22-21+/t32-,33-,34-/m1/s1. The van der Waals surface area contributed by atoms with E-state index in [2.05, 4.69) is 21.2 Å². The summed E-state index contributed by atoms with van der Waals surface area (Å²) in [5, 5.41) is 3.78. The summed E-state index contributed by atoms with van der Waals surface area (Å²) in [6.45, 7) is 0.972. The summed E-state index contributed by atoms with van der Waals surface area (Å²) in [7, 11) is 0. The molecule has 0 saturated heterocycles. The van der Waals surface area contributed by atoms with Gasteiger partial charge in [0.25, 0.3) is 0 Å². The van der Waals surface area contributed by atoms with Gasteiger partial charge in [0.05, 0.1) is 25.4 Å². The molecule has 5 nitrogen and oxygen atoms in total. The molecule has 0 aliphatic carbocycles. The van der Waals surface area contributed by atoms with Gasteiger partial charge in [-0.15, -0.1) is 0 Å². The minimum absolute atomic E-state index is 0.173. The number of halogens is 1. The zero-order valence-electron chi connectivity index (χ0n) is 23.0. The Morgan fingerprint density at radius 2 is 1.17 bits per heavy atom. The summed E-state index contributed by atoms with van der Waals surface area (Å²) in [6, 6.07) is 39.1. The molecule has 0 radical (unpaired) electrons. The molecule has 0 saturated carbocycles. The maximum atomic E-state index is 13.1. The van der Waals surface area contributed by atoms with Gasteiger partial charge in [0.1, 0.15) is 12.7 Å². The molecule has 1 amide bonds. The Kier molecular flexibility index (Phi) is 12.7. The predicted octanol–water partition coefficient (Wildman–Crippen LogP) is 7.95. The van der Waals surface area contributed by atoms with Crippen LogP contribution in [-0.4, -0.2) is 29.7 Å². The molecule has 0 aliphatic heterocycles. The fourth-order valence-corrected chi connectivity index (χ4v) is 4.81. The van der Waals surface area contributed by atoms with Crippen LogP contribution in [0.4, 0.5) is 4.79 Å². The van der Waals surface area contributed by atoms with Crippen LogP contribution in [0.5, 0.6) is 0 Å². The van der Waals surface area contributed by atoms with Crippen molar-refractivity contribution in [3.63, 3.8) is 0 Å². The van der Waals surface area contributed by atoms with E-state index in [1.165, 1.54) is 0 Å². The van der Waals surface area contributed by atoms with Crippen molar-refractivity contribution in [2.45, 2.75) is 44.5 Å². The third-order valence-corrected chi connectivity index (χ3v) is 6.96. The number of benzene rings is 4. The van der Waals surface area contributed by atoms with Gasteiger partial charge in [0, 0.05) is 5.33 Å². The minimum atomic E-state index is -0.526. The first-order valence-corrected chi connectivity index (χ1v) is 14.9. The zero-order valence-corrected chi connectivity index (χ0v) is 24.6. The normalized spacial score (nSPS) is 13.4. The number of hydrogen-bond acceptors (Lipinski definition) is 4. The number of alkyl carbamates (subject to hydrolysis) is 1. The van der Waals surface area contributed by atoms with E-state index in [0.717, 1.165) is 22.3 Å². The Morgan fingerprint density at radius 3 is 1.71 bits per heavy atom. The van der Waals surface area contributed by atoms with Crippen molar-refractivity contribution in [3.8, 4) is 0 Å². The average molecular weight is 615 g/mol. The molecule has 0 heterocycles. The fourth-order valence-electron chi connectivity index (χ4n) is 4.36. The summed E-state index contributed by atoms with van der Waals surface area (Å²) in [6.07, 6.45) is 3.29. The maximum absolute atomic E-state index is 13.1. The molecule has 212 valence electrons. The van der Waals surface area contributed by atoms with Gasteiger partial charge in [0.15, 0.2) is 0 Å². The Bertz CT molecular complexity index is 1300. The number of amides is 1. The quantitative estimate of drug-likeness (QED) is 0.138. The molecular weight excluding hydrogens is 578 g/mol. The monoisotopic (exact) mass is 613 g/mol. The zero-order chi connectivity index (χ0) is 28.5. The van der Waals surface area contributed by atoms with Crippen molar-refractivity contribution < 1.29 is 19.0 Å². The molecule has 0 bridgehead atoms. The Morgan fingerprint density at radius 1 is 0.683 bits per heavy atom. The van der Waals surface area contributed by atoms with E-state index in [4.69, 9.17) is 14.2 Å². The van der Waals surface area contributed by atoms with Crippen LogP contribution in [0, 0.1) is 0 Å². The maximum Gasteiger partial charge on any atom is 0.408 e. The Balaban J connectivity index is 1.59. The lowest BCUT2D eigenvalue weighted by Gasteiger charge is -2.32. The second kappa shape index (κ2) is 17.2. The van der Waals surface area contributed by atoms with Crippen LogP contribution in [0.25, 0.3) is 6.08 Å². The highest BCUT2D eigenvalue weighted by atomic mass is 79.9. The van der Waals surface area contributed by atoms with Crippen LogP contribution in [0.1, 0.15) is 28.7 Å². The molecule has 41 heavy (non-hydrogen) atoms. The predicted molar refractivity (Wildman–Crippen MR) is 167 cm³/mol. The van der Waals surface area contributed by atoms with E-state index < -0.39 is 18.2 Å². The molecule has 0 unspecified atom stereocenters. The van der Waals surface area contributed by atoms with Crippen molar-refractivity contribution in [2.24, 2.45) is 0 Å². The lowest BCUT2D eigenvalue weighted by Crippen LogP contribution is -2.50. The van der Waals surface area contributed by atoms with E-state index in [9.17, 15) is 4.79 Å². The van der Waals surface area contributed by atoms with Crippen molar-refractivity contribution in [3.05, 3.63) is 150 Å². The van der Waals surface area contributed by atoms with Crippen molar-refractivity contribution in [2.75, 3.05) is 5.33 Å². The average Bonchev–Trinajstić information content (AvgIpc) is 3.03. The molecule has 1 N–H and O–H groups in total. The first-order valence-electron chi connectivity index (χ1n) is 13.8. The highest BCUT2D eigenvalue weighted by Gasteiger charge is 2.31. The minimum Gasteiger partial charge on any atom is -0.445 e. The summed E-state index contributed by atoms with van der Waals surface area (Å²) < 4.78 is 18.7.